The quantitative estimate of drug-likeness (QED) is 0.796. The van der Waals surface area contributed by atoms with Crippen molar-refractivity contribution in [3.05, 3.63) is 0 Å². The zero-order chi connectivity index (χ0) is 18.0. The van der Waals surface area contributed by atoms with Crippen LogP contribution < -0.4 is 5.32 Å². The lowest BCUT2D eigenvalue weighted by atomic mass is 9.67. The molecule has 2 saturated heterocycles. The van der Waals surface area contributed by atoms with Crippen molar-refractivity contribution in [2.75, 3.05) is 39.3 Å². The lowest BCUT2D eigenvalue weighted by Crippen LogP contribution is -2.56. The number of fused-ring (bicyclic) bond motifs is 1. The Kier molecular flexibility index (Phi) is 7.07. The first-order chi connectivity index (χ1) is 12.7. The summed E-state index contributed by atoms with van der Waals surface area (Å²) in [5, 5.41) is 3.49. The largest absolute Gasteiger partial charge is 0.339 e. The maximum Gasteiger partial charge on any atom is 0.230 e. The summed E-state index contributed by atoms with van der Waals surface area (Å²) in [4.78, 5) is 30.1. The summed E-state index contributed by atoms with van der Waals surface area (Å²) in [5.41, 5.74) is -0.146. The number of halogens is 1. The van der Waals surface area contributed by atoms with Gasteiger partial charge in [0.05, 0.1) is 5.41 Å². The lowest BCUT2D eigenvalue weighted by Gasteiger charge is -2.43. The number of nitrogens with zero attached hydrogens (tertiary/aromatic N) is 2. The van der Waals surface area contributed by atoms with Crippen molar-refractivity contribution in [3.63, 3.8) is 0 Å². The number of hydrogen-bond donors (Lipinski definition) is 1. The van der Waals surface area contributed by atoms with Crippen LogP contribution >= 0.6 is 12.4 Å². The van der Waals surface area contributed by atoms with E-state index in [9.17, 15) is 9.59 Å². The fourth-order valence-electron chi connectivity index (χ4n) is 5.91. The summed E-state index contributed by atoms with van der Waals surface area (Å²) in [7, 11) is 0. The summed E-state index contributed by atoms with van der Waals surface area (Å²) in [6, 6.07) is 0. The topological polar surface area (TPSA) is 52.7 Å². The molecule has 0 aromatic carbocycles. The fraction of sp³-hybridized carbons (Fsp3) is 0.905. The molecule has 0 bridgehead atoms. The predicted molar refractivity (Wildman–Crippen MR) is 109 cm³/mol. The average Bonchev–Trinajstić information content (AvgIpc) is 3.13. The van der Waals surface area contributed by atoms with E-state index in [1.165, 1.54) is 51.4 Å². The minimum atomic E-state index is -0.146. The standard InChI is InChI=1S/C21H35N3O2.ClH/c25-19(14-17-6-2-1-3-7-17)23-10-12-24(13-11-23)20(26)21-9-5-4-8-18(21)15-22-16-21;/h17-18,22H,1-16H2;1H/t18-,21+;/m0./s1. The number of rotatable bonds is 3. The van der Waals surface area contributed by atoms with Crippen molar-refractivity contribution in [2.24, 2.45) is 17.3 Å². The predicted octanol–water partition coefficient (Wildman–Crippen LogP) is 2.83. The fourth-order valence-corrected chi connectivity index (χ4v) is 5.91. The first kappa shape index (κ1) is 20.9. The molecule has 1 N–H and O–H groups in total. The number of carbonyl (C=O) groups is 2. The van der Waals surface area contributed by atoms with Crippen LogP contribution in [0.25, 0.3) is 0 Å². The molecule has 0 aromatic rings. The third-order valence-electron chi connectivity index (χ3n) is 7.57. The van der Waals surface area contributed by atoms with Crippen LogP contribution in [0.5, 0.6) is 0 Å². The van der Waals surface area contributed by atoms with Crippen LogP contribution in [-0.4, -0.2) is 60.9 Å². The molecular weight excluding hydrogens is 362 g/mol. The van der Waals surface area contributed by atoms with E-state index in [2.05, 4.69) is 10.2 Å². The molecule has 0 spiro atoms. The highest BCUT2D eigenvalue weighted by Gasteiger charge is 2.51. The Morgan fingerprint density at radius 1 is 0.889 bits per heavy atom. The van der Waals surface area contributed by atoms with Gasteiger partial charge in [0, 0.05) is 39.1 Å². The van der Waals surface area contributed by atoms with Crippen LogP contribution in [0.15, 0.2) is 0 Å². The summed E-state index contributed by atoms with van der Waals surface area (Å²) in [6.07, 6.45) is 11.8. The monoisotopic (exact) mass is 397 g/mol. The minimum absolute atomic E-state index is 0. The molecule has 5 nitrogen and oxygen atoms in total. The summed E-state index contributed by atoms with van der Waals surface area (Å²) in [6.45, 7) is 4.77. The number of amides is 2. The van der Waals surface area contributed by atoms with Crippen molar-refractivity contribution in [3.8, 4) is 0 Å². The Labute approximate surface area is 170 Å². The van der Waals surface area contributed by atoms with Crippen molar-refractivity contribution in [1.82, 2.24) is 15.1 Å². The molecule has 154 valence electrons. The van der Waals surface area contributed by atoms with Crippen LogP contribution in [0.2, 0.25) is 0 Å². The van der Waals surface area contributed by atoms with E-state index in [1.54, 1.807) is 0 Å². The van der Waals surface area contributed by atoms with Crippen molar-refractivity contribution in [2.45, 2.75) is 64.2 Å². The molecule has 4 fully saturated rings. The molecule has 27 heavy (non-hydrogen) atoms. The average molecular weight is 398 g/mol. The van der Waals surface area contributed by atoms with E-state index in [1.807, 2.05) is 4.90 Å². The highest BCUT2D eigenvalue weighted by atomic mass is 35.5. The van der Waals surface area contributed by atoms with Gasteiger partial charge in [0.25, 0.3) is 0 Å². The Balaban J connectivity index is 0.00000210. The van der Waals surface area contributed by atoms with Crippen molar-refractivity contribution < 1.29 is 9.59 Å². The molecule has 2 amide bonds. The molecular formula is C21H36ClN3O2. The molecule has 4 rings (SSSR count). The molecule has 2 aliphatic carbocycles. The molecule has 6 heteroatoms. The van der Waals surface area contributed by atoms with Crippen LogP contribution in [0, 0.1) is 17.3 Å². The second kappa shape index (κ2) is 9.13. The van der Waals surface area contributed by atoms with Gasteiger partial charge in [-0.25, -0.2) is 0 Å². The van der Waals surface area contributed by atoms with Gasteiger partial charge in [0.15, 0.2) is 0 Å². The van der Waals surface area contributed by atoms with E-state index in [0.29, 0.717) is 23.7 Å². The van der Waals surface area contributed by atoms with Gasteiger partial charge in [0.2, 0.25) is 11.8 Å². The summed E-state index contributed by atoms with van der Waals surface area (Å²) >= 11 is 0. The number of nitrogens with one attached hydrogen (secondary N) is 1. The molecule has 2 atom stereocenters. The Morgan fingerprint density at radius 3 is 2.30 bits per heavy atom. The molecule has 0 unspecified atom stereocenters. The molecule has 0 aromatic heterocycles. The zero-order valence-electron chi connectivity index (χ0n) is 16.6. The van der Waals surface area contributed by atoms with E-state index in [4.69, 9.17) is 0 Å². The molecule has 2 saturated carbocycles. The highest BCUT2D eigenvalue weighted by Crippen LogP contribution is 2.45. The van der Waals surface area contributed by atoms with E-state index >= 15 is 0 Å². The van der Waals surface area contributed by atoms with Gasteiger partial charge in [-0.1, -0.05) is 32.1 Å². The number of piperazine rings is 1. The van der Waals surface area contributed by atoms with Gasteiger partial charge in [-0.2, -0.15) is 0 Å². The zero-order valence-corrected chi connectivity index (χ0v) is 17.4. The van der Waals surface area contributed by atoms with Crippen LogP contribution in [0.3, 0.4) is 0 Å². The molecule has 2 aliphatic heterocycles. The van der Waals surface area contributed by atoms with E-state index < -0.39 is 0 Å². The van der Waals surface area contributed by atoms with Crippen molar-refractivity contribution in [1.29, 1.82) is 0 Å². The smallest absolute Gasteiger partial charge is 0.230 e. The van der Waals surface area contributed by atoms with Gasteiger partial charge in [-0.3, -0.25) is 9.59 Å². The van der Waals surface area contributed by atoms with Gasteiger partial charge in [0.1, 0.15) is 0 Å². The molecule has 0 radical (unpaired) electrons. The van der Waals surface area contributed by atoms with Gasteiger partial charge >= 0.3 is 0 Å². The first-order valence-corrected chi connectivity index (χ1v) is 11.0. The minimum Gasteiger partial charge on any atom is -0.339 e. The lowest BCUT2D eigenvalue weighted by molar-refractivity contribution is -0.150. The second-order valence-corrected chi connectivity index (χ2v) is 9.11. The normalized spacial score (nSPS) is 31.9. The van der Waals surface area contributed by atoms with Gasteiger partial charge in [-0.05, 0) is 44.1 Å². The highest BCUT2D eigenvalue weighted by molar-refractivity contribution is 5.85. The van der Waals surface area contributed by atoms with Gasteiger partial charge in [-0.15, -0.1) is 12.4 Å². The third-order valence-corrected chi connectivity index (χ3v) is 7.57. The number of hydrogen-bond acceptors (Lipinski definition) is 3. The second-order valence-electron chi connectivity index (χ2n) is 9.11. The Hall–Kier alpha value is -0.810. The summed E-state index contributed by atoms with van der Waals surface area (Å²) < 4.78 is 0. The van der Waals surface area contributed by atoms with E-state index in [-0.39, 0.29) is 17.8 Å². The van der Waals surface area contributed by atoms with Crippen molar-refractivity contribution >= 4 is 24.2 Å². The Bertz CT molecular complexity index is 530. The first-order valence-electron chi connectivity index (χ1n) is 11.0. The number of carbonyl (C=O) groups excluding carboxylic acids is 2. The Morgan fingerprint density at radius 2 is 1.56 bits per heavy atom. The SMILES string of the molecule is Cl.O=C(CC1CCCCC1)N1CCN(C(=O)[C@@]23CCCC[C@H]2CNC3)CC1. The van der Waals surface area contributed by atoms with Crippen LogP contribution in [0.1, 0.15) is 64.2 Å². The summed E-state index contributed by atoms with van der Waals surface area (Å²) in [5.74, 6) is 1.81. The maximum absolute atomic E-state index is 13.3. The van der Waals surface area contributed by atoms with Crippen LogP contribution in [-0.2, 0) is 9.59 Å². The van der Waals surface area contributed by atoms with E-state index in [0.717, 1.165) is 52.1 Å². The molecule has 4 aliphatic rings. The van der Waals surface area contributed by atoms with Gasteiger partial charge < -0.3 is 15.1 Å². The third kappa shape index (κ3) is 4.29. The van der Waals surface area contributed by atoms with Crippen LogP contribution in [0.4, 0.5) is 0 Å². The maximum atomic E-state index is 13.3. The molecule has 2 heterocycles.